The van der Waals surface area contributed by atoms with Crippen molar-refractivity contribution >= 4 is 23.5 Å². The maximum absolute atomic E-state index is 10.5. The van der Waals surface area contributed by atoms with Gasteiger partial charge in [0.2, 0.25) is 0 Å². The molecule has 0 saturated carbocycles. The van der Waals surface area contributed by atoms with Crippen molar-refractivity contribution in [2.24, 2.45) is 0 Å². The van der Waals surface area contributed by atoms with Crippen molar-refractivity contribution < 1.29 is 65.8 Å². The fraction of sp³-hybridized carbons (Fsp3) is 0.800. The summed E-state index contributed by atoms with van der Waals surface area (Å²) < 4.78 is 0. The maximum Gasteiger partial charge on any atom is 4.00 e. The molecular formula is C20H36O8Zr. The topological polar surface area (TPSA) is 161 Å². The minimum Gasteiger partial charge on any atom is -0.852 e. The molecule has 29 heavy (non-hydrogen) atoms. The molecular weight excluding hydrogens is 459 g/mol. The molecule has 0 aromatic heterocycles. The van der Waals surface area contributed by atoms with Crippen molar-refractivity contribution in [2.75, 3.05) is 0 Å². The Labute approximate surface area is 194 Å². The molecule has 0 bridgehead atoms. The summed E-state index contributed by atoms with van der Waals surface area (Å²) in [7, 11) is 0. The van der Waals surface area contributed by atoms with E-state index in [1.54, 1.807) is 0 Å². The summed E-state index contributed by atoms with van der Waals surface area (Å²) in [4.78, 5) is 38.6. The summed E-state index contributed by atoms with van der Waals surface area (Å²) in [5.74, 6) is -3.37. The molecule has 8 nitrogen and oxygen atoms in total. The number of Topliss-reactive ketones (excluding diaryl/α,β-unsaturated/α-hetero) is 2. The van der Waals surface area contributed by atoms with E-state index >= 15 is 0 Å². The molecule has 0 aromatic rings. The van der Waals surface area contributed by atoms with Gasteiger partial charge < -0.3 is 30.0 Å². The molecule has 0 fully saturated rings. The van der Waals surface area contributed by atoms with Crippen LogP contribution in [0.1, 0.15) is 92.9 Å². The fourth-order valence-electron chi connectivity index (χ4n) is 1.46. The van der Waals surface area contributed by atoms with Crippen LogP contribution in [0.15, 0.2) is 0 Å². The van der Waals surface area contributed by atoms with Gasteiger partial charge in [-0.15, -0.1) is 12.2 Å². The van der Waals surface area contributed by atoms with Crippen LogP contribution in [0.25, 0.3) is 0 Å². The number of rotatable bonds is 10. The molecule has 0 N–H and O–H groups in total. The molecule has 168 valence electrons. The molecule has 0 aromatic carbocycles. The van der Waals surface area contributed by atoms with E-state index < -0.39 is 24.8 Å². The van der Waals surface area contributed by atoms with Crippen LogP contribution in [0.5, 0.6) is 0 Å². The number of aliphatic carboxylic acids is 2. The first-order valence-corrected chi connectivity index (χ1v) is 9.57. The second kappa shape index (κ2) is 29.3. The first-order chi connectivity index (χ1) is 12.9. The van der Waals surface area contributed by atoms with Gasteiger partial charge in [-0.2, -0.15) is 0 Å². The van der Waals surface area contributed by atoms with Gasteiger partial charge in [-0.05, 0) is 13.8 Å². The van der Waals surface area contributed by atoms with Crippen LogP contribution < -0.4 is 20.4 Å². The summed E-state index contributed by atoms with van der Waals surface area (Å²) in [5, 5.41) is 39.9. The third kappa shape index (κ3) is 58.4. The number of carbonyl (C=O) groups excluding carboxylic acids is 4. The van der Waals surface area contributed by atoms with E-state index in [2.05, 4.69) is 0 Å². The van der Waals surface area contributed by atoms with Crippen molar-refractivity contribution in [3.63, 3.8) is 0 Å². The van der Waals surface area contributed by atoms with Crippen LogP contribution in [-0.4, -0.2) is 35.7 Å². The number of carbonyl (C=O) groups is 4. The van der Waals surface area contributed by atoms with Crippen molar-refractivity contribution in [1.82, 2.24) is 0 Å². The van der Waals surface area contributed by atoms with Gasteiger partial charge >= 0.3 is 26.2 Å². The molecule has 0 saturated heterocycles. The summed E-state index contributed by atoms with van der Waals surface area (Å²) in [6, 6.07) is 0. The molecule has 0 aliphatic rings. The average Bonchev–Trinajstić information content (AvgIpc) is 2.54. The third-order valence-electron chi connectivity index (χ3n) is 2.92. The molecule has 2 atom stereocenters. The maximum atomic E-state index is 10.5. The smallest absolute Gasteiger partial charge is 0.852 e. The van der Waals surface area contributed by atoms with E-state index in [9.17, 15) is 39.6 Å². The van der Waals surface area contributed by atoms with Gasteiger partial charge in [0, 0.05) is 24.8 Å². The molecule has 2 unspecified atom stereocenters. The monoisotopic (exact) mass is 494 g/mol. The summed E-state index contributed by atoms with van der Waals surface area (Å²) in [6.07, 6.45) is 3.77. The Bertz CT molecular complexity index is 351. The number of carboxylic acid groups (broad SMARTS) is 2. The third-order valence-corrected chi connectivity index (χ3v) is 2.92. The summed E-state index contributed by atoms with van der Waals surface area (Å²) in [6.45, 7) is 10.4. The van der Waals surface area contributed by atoms with Gasteiger partial charge in [-0.3, -0.25) is 9.59 Å². The Hall–Kier alpha value is -0.917. The zero-order valence-electron chi connectivity index (χ0n) is 18.6. The molecule has 9 heteroatoms. The van der Waals surface area contributed by atoms with E-state index in [4.69, 9.17) is 0 Å². The van der Waals surface area contributed by atoms with Crippen LogP contribution in [0, 0.1) is 0 Å². The van der Waals surface area contributed by atoms with Gasteiger partial charge in [-0.1, -0.05) is 66.2 Å². The minimum absolute atomic E-state index is 0. The Morgan fingerprint density at radius 1 is 0.655 bits per heavy atom. The van der Waals surface area contributed by atoms with E-state index in [1.807, 2.05) is 27.7 Å². The van der Waals surface area contributed by atoms with Crippen molar-refractivity contribution in [2.45, 2.75) is 105 Å². The van der Waals surface area contributed by atoms with Crippen LogP contribution in [0.3, 0.4) is 0 Å². The van der Waals surface area contributed by atoms with Gasteiger partial charge in [-0.25, -0.2) is 0 Å². The fourth-order valence-corrected chi connectivity index (χ4v) is 1.46. The predicted molar refractivity (Wildman–Crippen MR) is 98.6 cm³/mol. The first kappa shape index (κ1) is 38.7. The van der Waals surface area contributed by atoms with Crippen molar-refractivity contribution in [3.8, 4) is 0 Å². The van der Waals surface area contributed by atoms with Crippen LogP contribution in [0.4, 0.5) is 0 Å². The van der Waals surface area contributed by atoms with Crippen LogP contribution in [0.2, 0.25) is 0 Å². The number of ketones is 2. The zero-order valence-corrected chi connectivity index (χ0v) is 21.0. The number of carboxylic acids is 2. The summed E-state index contributed by atoms with van der Waals surface area (Å²) >= 11 is 0. The zero-order chi connectivity index (χ0) is 23.1. The van der Waals surface area contributed by atoms with E-state index in [0.717, 1.165) is 38.5 Å². The van der Waals surface area contributed by atoms with E-state index in [1.165, 1.54) is 13.8 Å². The normalized spacial score (nSPS) is 10.8. The van der Waals surface area contributed by atoms with Crippen molar-refractivity contribution in [1.29, 1.82) is 0 Å². The molecule has 0 aliphatic carbocycles. The Morgan fingerprint density at radius 3 is 0.931 bits per heavy atom. The molecule has 0 aliphatic heterocycles. The minimum atomic E-state index is -1.31. The quantitative estimate of drug-likeness (QED) is 0.359. The average molecular weight is 496 g/mol. The van der Waals surface area contributed by atoms with E-state index in [-0.39, 0.29) is 50.0 Å². The molecule has 0 rings (SSSR count). The van der Waals surface area contributed by atoms with Crippen LogP contribution >= 0.6 is 0 Å². The largest absolute Gasteiger partial charge is 4.00 e. The van der Waals surface area contributed by atoms with Crippen LogP contribution in [-0.2, 0) is 45.4 Å². The molecule has 0 heterocycles. The van der Waals surface area contributed by atoms with Gasteiger partial charge in [0.15, 0.2) is 0 Å². The van der Waals surface area contributed by atoms with Crippen molar-refractivity contribution in [3.05, 3.63) is 0 Å². The molecule has 0 radical (unpaired) electrons. The summed E-state index contributed by atoms with van der Waals surface area (Å²) in [5.41, 5.74) is 0. The van der Waals surface area contributed by atoms with E-state index in [0.29, 0.717) is 0 Å². The molecule has 0 spiro atoms. The Kier molecular flexibility index (Phi) is 39.0. The number of hydrogen-bond acceptors (Lipinski definition) is 8. The molecule has 0 amide bonds. The van der Waals surface area contributed by atoms with Gasteiger partial charge in [0.05, 0.1) is 0 Å². The Balaban J connectivity index is -0.0000000873. The second-order valence-electron chi connectivity index (χ2n) is 6.14. The van der Waals surface area contributed by atoms with Gasteiger partial charge in [0.25, 0.3) is 0 Å². The SMILES string of the molecule is CC(=O)CC(=O)[O-].CC(=O)CC(=O)[O-].CCCC([O-])CC.CCCC([O-])CC.[Zr+4]. The first-order valence-electron chi connectivity index (χ1n) is 9.57. The second-order valence-corrected chi connectivity index (χ2v) is 6.14. The predicted octanol–water partition coefficient (Wildman–Crippen LogP) is -0.721. The van der Waals surface area contributed by atoms with Gasteiger partial charge in [0.1, 0.15) is 11.6 Å². The standard InChI is InChI=1S/2C6H13O.2C4H6O3.Zr/c2*1-3-5-6(7)4-2;2*1-3(5)2-4(6)7;/h2*6H,3-5H2,1-2H3;2*2H2,1H3,(H,6,7);/q2*-1;;;+4/p-2. The number of hydrogen-bond donors (Lipinski definition) is 0. The Morgan fingerprint density at radius 2 is 0.897 bits per heavy atom.